The maximum Gasteiger partial charge on any atom is 0.262 e. The van der Waals surface area contributed by atoms with Gasteiger partial charge in [0.1, 0.15) is 16.7 Å². The first-order chi connectivity index (χ1) is 18.9. The Hall–Kier alpha value is -4.11. The van der Waals surface area contributed by atoms with Crippen molar-refractivity contribution in [2.24, 2.45) is 10.1 Å². The van der Waals surface area contributed by atoms with Crippen LogP contribution in [0.4, 0.5) is 5.69 Å². The normalized spacial score (nSPS) is 18.5. The van der Waals surface area contributed by atoms with Crippen LogP contribution in [0, 0.1) is 6.92 Å². The minimum Gasteiger partial charge on any atom is -0.497 e. The summed E-state index contributed by atoms with van der Waals surface area (Å²) >= 11 is 1.28. The second-order valence-electron chi connectivity index (χ2n) is 9.30. The number of hydrogen-bond acceptors (Lipinski definition) is 7. The second-order valence-corrected chi connectivity index (χ2v) is 10.5. The topological polar surface area (TPSA) is 92.6 Å². The molecule has 0 saturated carbocycles. The van der Waals surface area contributed by atoms with Crippen molar-refractivity contribution in [2.45, 2.75) is 38.0 Å². The maximum absolute atomic E-state index is 12.9. The number of nitrogens with one attached hydrogen (secondary N) is 1. The van der Waals surface area contributed by atoms with Gasteiger partial charge in [0.15, 0.2) is 5.17 Å². The van der Waals surface area contributed by atoms with E-state index >= 15 is 0 Å². The minimum absolute atomic E-state index is 0.0132. The number of benzene rings is 3. The van der Waals surface area contributed by atoms with E-state index in [1.54, 1.807) is 31.4 Å². The van der Waals surface area contributed by atoms with Crippen molar-refractivity contribution in [1.82, 2.24) is 5.01 Å². The predicted molar refractivity (Wildman–Crippen MR) is 155 cm³/mol. The molecule has 1 N–H and O–H groups in total. The Morgan fingerprint density at radius 1 is 1.03 bits per heavy atom. The summed E-state index contributed by atoms with van der Waals surface area (Å²) in [7, 11) is 1.64. The largest absolute Gasteiger partial charge is 0.497 e. The molecule has 2 aliphatic heterocycles. The molecule has 0 radical (unpaired) electrons. The smallest absolute Gasteiger partial charge is 0.262 e. The third kappa shape index (κ3) is 6.15. The number of thioether (sulfide) groups is 1. The van der Waals surface area contributed by atoms with Crippen molar-refractivity contribution in [3.63, 3.8) is 0 Å². The minimum atomic E-state index is -0.613. The molecule has 5 rings (SSSR count). The van der Waals surface area contributed by atoms with Crippen molar-refractivity contribution in [3.05, 3.63) is 89.5 Å². The summed E-state index contributed by atoms with van der Waals surface area (Å²) < 4.78 is 10.8. The lowest BCUT2D eigenvalue weighted by Crippen LogP contribution is -2.25. The van der Waals surface area contributed by atoms with E-state index in [-0.39, 0.29) is 24.3 Å². The zero-order valence-corrected chi connectivity index (χ0v) is 22.9. The van der Waals surface area contributed by atoms with E-state index in [2.05, 4.69) is 41.5 Å². The zero-order chi connectivity index (χ0) is 27.4. The molecule has 8 nitrogen and oxygen atoms in total. The molecule has 0 aliphatic carbocycles. The zero-order valence-electron chi connectivity index (χ0n) is 22.1. The molecular weight excluding hydrogens is 512 g/mol. The van der Waals surface area contributed by atoms with Gasteiger partial charge in [-0.3, -0.25) is 9.59 Å². The van der Waals surface area contributed by atoms with E-state index in [1.807, 2.05) is 36.2 Å². The highest BCUT2D eigenvalue weighted by molar-refractivity contribution is 8.15. The Kier molecular flexibility index (Phi) is 7.97. The highest BCUT2D eigenvalue weighted by atomic mass is 32.2. The highest BCUT2D eigenvalue weighted by Crippen LogP contribution is 2.39. The third-order valence-electron chi connectivity index (χ3n) is 6.54. The Bertz CT molecular complexity index is 1400. The molecule has 0 aromatic heterocycles. The maximum atomic E-state index is 12.9. The van der Waals surface area contributed by atoms with Gasteiger partial charge in [-0.25, -0.2) is 5.01 Å². The first-order valence-electron chi connectivity index (χ1n) is 12.8. The molecule has 9 heteroatoms. The third-order valence-corrected chi connectivity index (χ3v) is 7.68. The number of ether oxygens (including phenoxy) is 2. The summed E-state index contributed by atoms with van der Waals surface area (Å²) in [6, 6.07) is 23.1. The average Bonchev–Trinajstić information content (AvgIpc) is 3.54. The molecule has 2 atom stereocenters. The fraction of sp³-hybridized carbons (Fsp3) is 0.267. The van der Waals surface area contributed by atoms with Gasteiger partial charge >= 0.3 is 0 Å². The number of carbonyl (C=O) groups is 2. The van der Waals surface area contributed by atoms with Crippen LogP contribution >= 0.6 is 11.8 Å². The van der Waals surface area contributed by atoms with E-state index in [4.69, 9.17) is 14.6 Å². The first-order valence-corrected chi connectivity index (χ1v) is 13.7. The number of amidine groups is 1. The molecule has 2 heterocycles. The van der Waals surface area contributed by atoms with Crippen molar-refractivity contribution < 1.29 is 19.1 Å². The molecule has 0 unspecified atom stereocenters. The molecule has 39 heavy (non-hydrogen) atoms. The number of hydrogen-bond donors (Lipinski definition) is 1. The number of anilines is 1. The Labute approximate surface area is 232 Å². The van der Waals surface area contributed by atoms with Crippen LogP contribution in [-0.4, -0.2) is 46.7 Å². The van der Waals surface area contributed by atoms with E-state index in [0.29, 0.717) is 23.9 Å². The van der Waals surface area contributed by atoms with Gasteiger partial charge in [0, 0.05) is 18.5 Å². The number of amides is 2. The number of methoxy groups -OCH3 is 1. The summed E-state index contributed by atoms with van der Waals surface area (Å²) in [5.74, 6) is 0.921. The summed E-state index contributed by atoms with van der Waals surface area (Å²) in [6.07, 6.45) is 0.672. The van der Waals surface area contributed by atoms with Crippen LogP contribution in [0.2, 0.25) is 0 Å². The van der Waals surface area contributed by atoms with Crippen LogP contribution in [-0.2, 0) is 9.59 Å². The van der Waals surface area contributed by atoms with Gasteiger partial charge in [-0.2, -0.15) is 10.1 Å². The fourth-order valence-electron chi connectivity index (χ4n) is 4.48. The molecule has 0 saturated heterocycles. The first kappa shape index (κ1) is 26.5. The van der Waals surface area contributed by atoms with Crippen molar-refractivity contribution in [1.29, 1.82) is 0 Å². The second kappa shape index (κ2) is 11.7. The van der Waals surface area contributed by atoms with Gasteiger partial charge in [0.05, 0.1) is 25.5 Å². The number of hydrazone groups is 1. The lowest BCUT2D eigenvalue weighted by molar-refractivity contribution is -0.121. The summed E-state index contributed by atoms with van der Waals surface area (Å²) in [6.45, 7) is 4.54. The molecule has 0 spiro atoms. The van der Waals surface area contributed by atoms with Gasteiger partial charge in [-0.1, -0.05) is 53.7 Å². The van der Waals surface area contributed by atoms with Crippen LogP contribution in [0.15, 0.2) is 82.9 Å². The number of aliphatic imine (C=N–C) groups is 1. The van der Waals surface area contributed by atoms with Gasteiger partial charge in [0.25, 0.3) is 5.91 Å². The highest BCUT2D eigenvalue weighted by Gasteiger charge is 2.39. The summed E-state index contributed by atoms with van der Waals surface area (Å²) in [4.78, 5) is 30.0. The van der Waals surface area contributed by atoms with Crippen LogP contribution in [0.3, 0.4) is 0 Å². The lowest BCUT2D eigenvalue weighted by Gasteiger charge is -2.23. The van der Waals surface area contributed by atoms with Crippen LogP contribution in [0.25, 0.3) is 0 Å². The fourth-order valence-corrected chi connectivity index (χ4v) is 5.54. The van der Waals surface area contributed by atoms with Gasteiger partial charge < -0.3 is 14.8 Å². The van der Waals surface area contributed by atoms with Crippen molar-refractivity contribution in [3.8, 4) is 11.5 Å². The molecule has 2 aliphatic rings. The van der Waals surface area contributed by atoms with Gasteiger partial charge in [-0.05, 0) is 61.4 Å². The Morgan fingerprint density at radius 3 is 2.38 bits per heavy atom. The number of nitrogens with zero attached hydrogens (tertiary/aromatic N) is 3. The van der Waals surface area contributed by atoms with Crippen LogP contribution in [0.5, 0.6) is 11.5 Å². The standard InChI is InChI=1S/C30H30N4O4S/c1-4-38-24-15-11-22(12-16-24)31-28(35)18-27-29(36)32-30(39-27)34-26(21-9-13-23(37-3)14-10-21)17-25(33-34)20-7-5-19(2)6-8-20/h5-16,26-27H,4,17-18H2,1-3H3,(H,31,35)/t26-,27-/m1/s1. The molecule has 200 valence electrons. The van der Waals surface area contributed by atoms with E-state index in [1.165, 1.54) is 17.3 Å². The average molecular weight is 543 g/mol. The molecule has 3 aromatic carbocycles. The van der Waals surface area contributed by atoms with E-state index in [9.17, 15) is 9.59 Å². The summed E-state index contributed by atoms with van der Waals surface area (Å²) in [5.41, 5.74) is 4.81. The number of rotatable bonds is 8. The quantitative estimate of drug-likeness (QED) is 0.400. The lowest BCUT2D eigenvalue weighted by atomic mass is 9.98. The molecule has 0 bridgehead atoms. The predicted octanol–water partition coefficient (Wildman–Crippen LogP) is 5.58. The Balaban J connectivity index is 1.31. The molecule has 0 fully saturated rings. The van der Waals surface area contributed by atoms with E-state index < -0.39 is 5.25 Å². The Morgan fingerprint density at radius 2 is 1.72 bits per heavy atom. The van der Waals surface area contributed by atoms with Crippen LogP contribution in [0.1, 0.15) is 42.5 Å². The van der Waals surface area contributed by atoms with E-state index in [0.717, 1.165) is 28.3 Å². The van der Waals surface area contributed by atoms with Crippen molar-refractivity contribution >= 4 is 40.1 Å². The number of carbonyl (C=O) groups excluding carboxylic acids is 2. The monoisotopic (exact) mass is 542 g/mol. The number of aryl methyl sites for hydroxylation is 1. The van der Waals surface area contributed by atoms with Crippen molar-refractivity contribution in [2.75, 3.05) is 19.0 Å². The van der Waals surface area contributed by atoms with Crippen LogP contribution < -0.4 is 14.8 Å². The van der Waals surface area contributed by atoms with Gasteiger partial charge in [0.2, 0.25) is 5.91 Å². The SMILES string of the molecule is CCOc1ccc(NC(=O)C[C@H]2SC(N3N=C(c4ccc(C)cc4)C[C@@H]3c3ccc(OC)cc3)=NC2=O)cc1. The molecular formula is C30H30N4O4S. The molecule has 3 aromatic rings. The molecule has 2 amide bonds. The summed E-state index contributed by atoms with van der Waals surface area (Å²) in [5, 5.41) is 9.48. The van der Waals surface area contributed by atoms with Gasteiger partial charge in [-0.15, -0.1) is 0 Å².